The summed E-state index contributed by atoms with van der Waals surface area (Å²) in [5.74, 6) is -0.193. The molecule has 0 bridgehead atoms. The zero-order chi connectivity index (χ0) is 11.8. The molecule has 0 spiro atoms. The molecule has 1 amide bonds. The highest BCUT2D eigenvalue weighted by atomic mass is 32.1. The first kappa shape index (κ1) is 10.0. The van der Waals surface area contributed by atoms with Crippen molar-refractivity contribution >= 4 is 40.2 Å². The number of carbonyl (C=O) groups is 1. The third-order valence-electron chi connectivity index (χ3n) is 2.61. The van der Waals surface area contributed by atoms with Crippen molar-refractivity contribution < 1.29 is 4.79 Å². The largest absolute Gasteiger partial charge is 0.361 e. The lowest BCUT2D eigenvalue weighted by molar-refractivity contribution is -0.115. The molecular formula is C12H9N3OS. The molecule has 0 saturated carbocycles. The smallest absolute Gasteiger partial charge is 0.273 e. The molecule has 1 aliphatic heterocycles. The van der Waals surface area contributed by atoms with Crippen molar-refractivity contribution in [3.63, 3.8) is 0 Å². The first-order valence-electron chi connectivity index (χ1n) is 5.13. The first-order chi connectivity index (χ1) is 8.22. The van der Waals surface area contributed by atoms with E-state index in [-0.39, 0.29) is 5.91 Å². The van der Waals surface area contributed by atoms with Crippen molar-refractivity contribution in [1.29, 1.82) is 0 Å². The number of H-pyrrole nitrogens is 1. The molecule has 1 aliphatic rings. The highest BCUT2D eigenvalue weighted by Crippen LogP contribution is 2.16. The summed E-state index contributed by atoms with van der Waals surface area (Å²) in [4.78, 5) is 14.6. The second kappa shape index (κ2) is 3.71. The Morgan fingerprint density at radius 2 is 2.06 bits per heavy atom. The maximum Gasteiger partial charge on any atom is 0.273 e. The highest BCUT2D eigenvalue weighted by Gasteiger charge is 2.19. The molecule has 0 unspecified atom stereocenters. The van der Waals surface area contributed by atoms with Crippen LogP contribution >= 0.6 is 12.2 Å². The number of benzene rings is 1. The van der Waals surface area contributed by atoms with E-state index < -0.39 is 0 Å². The van der Waals surface area contributed by atoms with Gasteiger partial charge in [0, 0.05) is 11.7 Å². The monoisotopic (exact) mass is 243 g/mol. The van der Waals surface area contributed by atoms with Crippen LogP contribution in [0, 0.1) is 0 Å². The fraction of sp³-hybridized carbons (Fsp3) is 0. The van der Waals surface area contributed by atoms with Crippen LogP contribution in [-0.2, 0) is 4.79 Å². The van der Waals surface area contributed by atoms with Gasteiger partial charge in [-0.1, -0.05) is 12.1 Å². The summed E-state index contributed by atoms with van der Waals surface area (Å²) in [6, 6.07) is 7.95. The van der Waals surface area contributed by atoms with Gasteiger partial charge in [-0.05, 0) is 41.4 Å². The van der Waals surface area contributed by atoms with Gasteiger partial charge in [-0.3, -0.25) is 10.1 Å². The Labute approximate surface area is 103 Å². The van der Waals surface area contributed by atoms with Crippen LogP contribution in [0.4, 0.5) is 0 Å². The van der Waals surface area contributed by atoms with Crippen molar-refractivity contribution in [1.82, 2.24) is 15.6 Å². The van der Waals surface area contributed by atoms with Crippen molar-refractivity contribution in [3.8, 4) is 0 Å². The van der Waals surface area contributed by atoms with Crippen molar-refractivity contribution in [2.24, 2.45) is 0 Å². The number of amides is 1. The Morgan fingerprint density at radius 3 is 2.82 bits per heavy atom. The highest BCUT2D eigenvalue weighted by molar-refractivity contribution is 7.80. The average molecular weight is 243 g/mol. The van der Waals surface area contributed by atoms with Crippen LogP contribution < -0.4 is 10.6 Å². The summed E-state index contributed by atoms with van der Waals surface area (Å²) >= 11 is 4.86. The molecule has 0 aliphatic carbocycles. The molecule has 0 atom stereocenters. The van der Waals surface area contributed by atoms with Gasteiger partial charge >= 0.3 is 0 Å². The van der Waals surface area contributed by atoms with Crippen LogP contribution in [0.5, 0.6) is 0 Å². The minimum absolute atomic E-state index is 0.193. The Hall–Kier alpha value is -2.14. The number of carbonyl (C=O) groups excluding carboxylic acids is 1. The lowest BCUT2D eigenvalue weighted by atomic mass is 10.1. The minimum Gasteiger partial charge on any atom is -0.361 e. The third kappa shape index (κ3) is 1.81. The maximum atomic E-state index is 11.5. The Kier molecular flexibility index (Phi) is 2.19. The van der Waals surface area contributed by atoms with Crippen LogP contribution in [-0.4, -0.2) is 16.0 Å². The molecule has 1 aromatic heterocycles. The van der Waals surface area contributed by atoms with Crippen molar-refractivity contribution in [2.45, 2.75) is 0 Å². The van der Waals surface area contributed by atoms with Crippen LogP contribution in [0.25, 0.3) is 17.0 Å². The van der Waals surface area contributed by atoms with Crippen LogP contribution in [0.15, 0.2) is 36.2 Å². The predicted octanol–water partition coefficient (Wildman–Crippen LogP) is 1.51. The number of aromatic nitrogens is 1. The van der Waals surface area contributed by atoms with E-state index >= 15 is 0 Å². The van der Waals surface area contributed by atoms with E-state index in [0.29, 0.717) is 10.8 Å². The van der Waals surface area contributed by atoms with Crippen LogP contribution in [0.3, 0.4) is 0 Å². The number of fused-ring (bicyclic) bond motifs is 1. The molecule has 17 heavy (non-hydrogen) atoms. The molecular weight excluding hydrogens is 234 g/mol. The molecule has 4 nitrogen and oxygen atoms in total. The molecule has 2 aromatic rings. The molecule has 1 aromatic carbocycles. The van der Waals surface area contributed by atoms with E-state index in [1.165, 1.54) is 0 Å². The van der Waals surface area contributed by atoms with E-state index in [9.17, 15) is 4.79 Å². The summed E-state index contributed by atoms with van der Waals surface area (Å²) in [6.45, 7) is 0. The molecule has 5 heteroatoms. The van der Waals surface area contributed by atoms with Crippen LogP contribution in [0.2, 0.25) is 0 Å². The fourth-order valence-electron chi connectivity index (χ4n) is 1.80. The summed E-state index contributed by atoms with van der Waals surface area (Å²) < 4.78 is 0. The van der Waals surface area contributed by atoms with E-state index in [4.69, 9.17) is 12.2 Å². The number of aromatic amines is 1. The maximum absolute atomic E-state index is 11.5. The van der Waals surface area contributed by atoms with Gasteiger partial charge in [-0.25, -0.2) is 0 Å². The number of nitrogens with one attached hydrogen (secondary N) is 3. The molecule has 1 saturated heterocycles. The minimum atomic E-state index is -0.193. The topological polar surface area (TPSA) is 56.9 Å². The van der Waals surface area contributed by atoms with Gasteiger partial charge in [0.25, 0.3) is 5.91 Å². The normalized spacial score (nSPS) is 17.5. The van der Waals surface area contributed by atoms with Gasteiger partial charge in [-0.2, -0.15) is 0 Å². The SMILES string of the molecule is O=C1NC(=S)N/C1=C\c1ccc2cc[nH]c2c1. The summed E-state index contributed by atoms with van der Waals surface area (Å²) in [5.41, 5.74) is 2.46. The van der Waals surface area contributed by atoms with Gasteiger partial charge in [0.15, 0.2) is 5.11 Å². The second-order valence-electron chi connectivity index (χ2n) is 3.79. The zero-order valence-corrected chi connectivity index (χ0v) is 9.60. The van der Waals surface area contributed by atoms with Gasteiger partial charge in [0.05, 0.1) is 0 Å². The molecule has 3 rings (SSSR count). The molecule has 1 fully saturated rings. The number of rotatable bonds is 1. The molecule has 2 heterocycles. The molecule has 3 N–H and O–H groups in total. The van der Waals surface area contributed by atoms with Gasteiger partial charge in [0.1, 0.15) is 5.70 Å². The standard InChI is InChI=1S/C12H9N3OS/c16-11-10(14-12(17)15-11)6-7-1-2-8-3-4-13-9(8)5-7/h1-6,13H,(H2,14,15,16,17)/b10-6-. The van der Waals surface area contributed by atoms with Crippen LogP contribution in [0.1, 0.15) is 5.56 Å². The first-order valence-corrected chi connectivity index (χ1v) is 5.54. The predicted molar refractivity (Wildman–Crippen MR) is 70.2 cm³/mol. The van der Waals surface area contributed by atoms with Crippen molar-refractivity contribution in [3.05, 3.63) is 41.7 Å². The Morgan fingerprint density at radius 1 is 1.18 bits per heavy atom. The molecule has 0 radical (unpaired) electrons. The average Bonchev–Trinajstić information content (AvgIpc) is 2.85. The third-order valence-corrected chi connectivity index (χ3v) is 2.81. The van der Waals surface area contributed by atoms with Gasteiger partial charge in [0.2, 0.25) is 0 Å². The van der Waals surface area contributed by atoms with E-state index in [1.54, 1.807) is 6.08 Å². The molecule has 84 valence electrons. The van der Waals surface area contributed by atoms with Gasteiger partial charge < -0.3 is 10.3 Å². The number of thiocarbonyl (C=S) groups is 1. The fourth-order valence-corrected chi connectivity index (χ4v) is 2.01. The number of hydrogen-bond acceptors (Lipinski definition) is 2. The summed E-state index contributed by atoms with van der Waals surface area (Å²) in [5, 5.41) is 6.83. The van der Waals surface area contributed by atoms with E-state index in [0.717, 1.165) is 16.5 Å². The lowest BCUT2D eigenvalue weighted by Crippen LogP contribution is -2.21. The summed E-state index contributed by atoms with van der Waals surface area (Å²) in [7, 11) is 0. The van der Waals surface area contributed by atoms with E-state index in [1.807, 2.05) is 30.5 Å². The quantitative estimate of drug-likeness (QED) is 0.525. The zero-order valence-electron chi connectivity index (χ0n) is 8.78. The Bertz CT molecular complexity index is 657. The van der Waals surface area contributed by atoms with E-state index in [2.05, 4.69) is 15.6 Å². The second-order valence-corrected chi connectivity index (χ2v) is 4.20. The summed E-state index contributed by atoms with van der Waals surface area (Å²) in [6.07, 6.45) is 3.66. The van der Waals surface area contributed by atoms with Gasteiger partial charge in [-0.15, -0.1) is 0 Å². The lowest BCUT2D eigenvalue weighted by Gasteiger charge is -1.97. The van der Waals surface area contributed by atoms with Crippen molar-refractivity contribution in [2.75, 3.05) is 0 Å². The number of hydrogen-bond donors (Lipinski definition) is 3. The Balaban J connectivity index is 2.01.